The topological polar surface area (TPSA) is 88.6 Å². The molecule has 0 saturated heterocycles. The van der Waals surface area contributed by atoms with Crippen LogP contribution < -0.4 is 25.0 Å². The van der Waals surface area contributed by atoms with Crippen molar-refractivity contribution in [1.82, 2.24) is 9.97 Å². The Morgan fingerprint density at radius 1 is 0.966 bits per heavy atom. The summed E-state index contributed by atoms with van der Waals surface area (Å²) in [5.41, 5.74) is 2.78. The van der Waals surface area contributed by atoms with Gasteiger partial charge in [0.05, 0.1) is 0 Å². The van der Waals surface area contributed by atoms with Crippen LogP contribution in [-0.4, -0.2) is 43.2 Å². The van der Waals surface area contributed by atoms with Crippen LogP contribution in [0.2, 0.25) is 0 Å². The molecule has 0 bridgehead atoms. The van der Waals surface area contributed by atoms with E-state index in [1.165, 1.54) is 0 Å². The maximum atomic E-state index is 12.6. The van der Waals surface area contributed by atoms with Gasteiger partial charge < -0.3 is 25.0 Å². The van der Waals surface area contributed by atoms with Gasteiger partial charge in [0.1, 0.15) is 18.9 Å². The number of nitrogens with one attached hydrogen (secondary N) is 2. The third-order valence-electron chi connectivity index (χ3n) is 4.33. The highest BCUT2D eigenvalue weighted by Gasteiger charge is 2.14. The van der Waals surface area contributed by atoms with Gasteiger partial charge in [0.2, 0.25) is 5.95 Å². The average molecular weight is 391 g/mol. The fraction of sp³-hybridized carbons (Fsp3) is 0.190. The monoisotopic (exact) mass is 391 g/mol. The molecule has 0 unspecified atom stereocenters. The van der Waals surface area contributed by atoms with Gasteiger partial charge in [-0.2, -0.15) is 0 Å². The minimum absolute atomic E-state index is 0.252. The van der Waals surface area contributed by atoms with Crippen LogP contribution in [0.3, 0.4) is 0 Å². The normalized spacial score (nSPS) is 12.2. The summed E-state index contributed by atoms with van der Waals surface area (Å²) in [6.45, 7) is 1.01. The summed E-state index contributed by atoms with van der Waals surface area (Å²) >= 11 is 0. The van der Waals surface area contributed by atoms with Crippen molar-refractivity contribution in [1.29, 1.82) is 0 Å². The lowest BCUT2D eigenvalue weighted by molar-refractivity contribution is 0.102. The maximum absolute atomic E-state index is 12.6. The molecule has 2 heterocycles. The molecule has 0 aliphatic carbocycles. The zero-order chi connectivity index (χ0) is 20.2. The number of hydrogen-bond donors (Lipinski definition) is 2. The fourth-order valence-corrected chi connectivity index (χ4v) is 2.83. The second kappa shape index (κ2) is 8.05. The lowest BCUT2D eigenvalue weighted by Crippen LogP contribution is -2.17. The van der Waals surface area contributed by atoms with Crippen molar-refractivity contribution < 1.29 is 14.3 Å². The van der Waals surface area contributed by atoms with Crippen LogP contribution in [0.4, 0.5) is 23.0 Å². The Bertz CT molecular complexity index is 1020. The second-order valence-electron chi connectivity index (χ2n) is 6.64. The lowest BCUT2D eigenvalue weighted by atomic mass is 10.2. The van der Waals surface area contributed by atoms with Crippen LogP contribution in [0.15, 0.2) is 54.7 Å². The number of hydrogen-bond acceptors (Lipinski definition) is 7. The van der Waals surface area contributed by atoms with E-state index in [1.54, 1.807) is 30.5 Å². The van der Waals surface area contributed by atoms with Gasteiger partial charge in [-0.1, -0.05) is 0 Å². The van der Waals surface area contributed by atoms with Crippen LogP contribution >= 0.6 is 0 Å². The lowest BCUT2D eigenvalue weighted by Gasteiger charge is -2.19. The molecule has 0 spiro atoms. The standard InChI is InChI=1S/C21H21N5O3/c1-26(2)16-6-3-14(4-7-16)24-21-22-10-9-17(25-21)20(27)23-15-5-8-18-19(13-15)29-12-11-28-18/h3-10,13H,11-12H2,1-2H3,(H,23,27)(H,22,24,25). The van der Waals surface area contributed by atoms with E-state index in [1.807, 2.05) is 43.3 Å². The van der Waals surface area contributed by atoms with Gasteiger partial charge in [0, 0.05) is 43.4 Å². The Hall–Kier alpha value is -3.81. The number of benzene rings is 2. The zero-order valence-electron chi connectivity index (χ0n) is 16.2. The molecule has 1 amide bonds. The van der Waals surface area contributed by atoms with Crippen LogP contribution in [0.25, 0.3) is 0 Å². The summed E-state index contributed by atoms with van der Waals surface area (Å²) in [5.74, 6) is 1.29. The number of rotatable bonds is 5. The first-order valence-corrected chi connectivity index (χ1v) is 9.17. The van der Waals surface area contributed by atoms with Gasteiger partial charge >= 0.3 is 0 Å². The van der Waals surface area contributed by atoms with E-state index in [9.17, 15) is 4.79 Å². The molecular weight excluding hydrogens is 370 g/mol. The SMILES string of the molecule is CN(C)c1ccc(Nc2nccc(C(=O)Nc3ccc4c(c3)OCCO4)n2)cc1. The second-order valence-corrected chi connectivity index (χ2v) is 6.64. The highest BCUT2D eigenvalue weighted by molar-refractivity contribution is 6.03. The van der Waals surface area contributed by atoms with Crippen molar-refractivity contribution in [3.63, 3.8) is 0 Å². The molecule has 2 N–H and O–H groups in total. The van der Waals surface area contributed by atoms with E-state index in [2.05, 4.69) is 20.6 Å². The number of carbonyl (C=O) groups is 1. The van der Waals surface area contributed by atoms with Gasteiger partial charge in [0.15, 0.2) is 11.5 Å². The van der Waals surface area contributed by atoms with E-state index in [4.69, 9.17) is 9.47 Å². The number of anilines is 4. The molecule has 0 radical (unpaired) electrons. The van der Waals surface area contributed by atoms with Crippen molar-refractivity contribution in [2.75, 3.05) is 42.8 Å². The Balaban J connectivity index is 1.45. The van der Waals surface area contributed by atoms with E-state index in [0.29, 0.717) is 36.3 Å². The van der Waals surface area contributed by atoms with Crippen LogP contribution in [-0.2, 0) is 0 Å². The largest absolute Gasteiger partial charge is 0.486 e. The molecule has 8 nitrogen and oxygen atoms in total. The Morgan fingerprint density at radius 2 is 1.69 bits per heavy atom. The number of ether oxygens (including phenoxy) is 2. The number of amides is 1. The Labute approximate surface area is 168 Å². The molecule has 1 aliphatic rings. The van der Waals surface area contributed by atoms with Crippen molar-refractivity contribution >= 4 is 28.9 Å². The predicted octanol–water partition coefficient (Wildman–Crippen LogP) is 3.31. The number of aromatic nitrogens is 2. The molecule has 29 heavy (non-hydrogen) atoms. The van der Waals surface area contributed by atoms with Gasteiger partial charge in [-0.15, -0.1) is 0 Å². The third kappa shape index (κ3) is 4.37. The summed E-state index contributed by atoms with van der Waals surface area (Å²) in [4.78, 5) is 23.1. The molecule has 1 aromatic heterocycles. The molecule has 4 rings (SSSR count). The van der Waals surface area contributed by atoms with Gasteiger partial charge in [-0.25, -0.2) is 9.97 Å². The summed E-state index contributed by atoms with van der Waals surface area (Å²) in [5, 5.41) is 5.93. The van der Waals surface area contributed by atoms with Gasteiger partial charge in [-0.3, -0.25) is 4.79 Å². The maximum Gasteiger partial charge on any atom is 0.274 e. The fourth-order valence-electron chi connectivity index (χ4n) is 2.83. The summed E-state index contributed by atoms with van der Waals surface area (Å²) in [6, 6.07) is 14.7. The molecule has 3 aromatic rings. The highest BCUT2D eigenvalue weighted by atomic mass is 16.6. The number of fused-ring (bicyclic) bond motifs is 1. The molecule has 2 aromatic carbocycles. The molecule has 1 aliphatic heterocycles. The molecule has 8 heteroatoms. The van der Waals surface area contributed by atoms with Crippen molar-refractivity contribution in [2.45, 2.75) is 0 Å². The minimum atomic E-state index is -0.338. The third-order valence-corrected chi connectivity index (χ3v) is 4.33. The van der Waals surface area contributed by atoms with Crippen LogP contribution in [0.1, 0.15) is 10.5 Å². The van der Waals surface area contributed by atoms with E-state index < -0.39 is 0 Å². The Morgan fingerprint density at radius 3 is 2.45 bits per heavy atom. The first-order chi connectivity index (χ1) is 14.1. The smallest absolute Gasteiger partial charge is 0.274 e. The van der Waals surface area contributed by atoms with Crippen LogP contribution in [0, 0.1) is 0 Å². The molecular formula is C21H21N5O3. The molecule has 148 valence electrons. The van der Waals surface area contributed by atoms with Crippen molar-refractivity contribution in [2.24, 2.45) is 0 Å². The van der Waals surface area contributed by atoms with E-state index >= 15 is 0 Å². The zero-order valence-corrected chi connectivity index (χ0v) is 16.2. The van der Waals surface area contributed by atoms with Crippen molar-refractivity contribution in [3.8, 4) is 11.5 Å². The van der Waals surface area contributed by atoms with Gasteiger partial charge in [0.25, 0.3) is 5.91 Å². The van der Waals surface area contributed by atoms with E-state index in [0.717, 1.165) is 11.4 Å². The first kappa shape index (κ1) is 18.5. The average Bonchev–Trinajstić information content (AvgIpc) is 2.74. The quantitative estimate of drug-likeness (QED) is 0.690. The van der Waals surface area contributed by atoms with Crippen molar-refractivity contribution in [3.05, 3.63) is 60.4 Å². The van der Waals surface area contributed by atoms with E-state index in [-0.39, 0.29) is 11.6 Å². The highest BCUT2D eigenvalue weighted by Crippen LogP contribution is 2.32. The molecule has 0 atom stereocenters. The predicted molar refractivity (Wildman–Crippen MR) is 111 cm³/mol. The molecule has 0 fully saturated rings. The number of carbonyl (C=O) groups excluding carboxylic acids is 1. The van der Waals surface area contributed by atoms with Gasteiger partial charge in [-0.05, 0) is 42.5 Å². The summed E-state index contributed by atoms with van der Waals surface area (Å²) in [7, 11) is 3.96. The summed E-state index contributed by atoms with van der Waals surface area (Å²) < 4.78 is 11.0. The molecule has 0 saturated carbocycles. The first-order valence-electron chi connectivity index (χ1n) is 9.17. The number of nitrogens with zero attached hydrogens (tertiary/aromatic N) is 3. The minimum Gasteiger partial charge on any atom is -0.486 e. The Kier molecular flexibility index (Phi) is 5.15. The van der Waals surface area contributed by atoms with Crippen LogP contribution in [0.5, 0.6) is 11.5 Å². The summed E-state index contributed by atoms with van der Waals surface area (Å²) in [6.07, 6.45) is 1.54.